The molecule has 2 aromatic rings. The molecule has 4 rings (SSSR count). The number of aromatic nitrogens is 3. The SMILES string of the molecule is Cc1nn2cc(CCN[C@H]3CCOC4(CCOCC4)C3)nc2s1. The van der Waals surface area contributed by atoms with Crippen molar-refractivity contribution in [3.05, 3.63) is 16.9 Å². The van der Waals surface area contributed by atoms with E-state index in [2.05, 4.69) is 15.4 Å². The van der Waals surface area contributed by atoms with Gasteiger partial charge in [-0.05, 0) is 32.6 Å². The Morgan fingerprint density at radius 1 is 1.39 bits per heavy atom. The van der Waals surface area contributed by atoms with Gasteiger partial charge in [0.15, 0.2) is 0 Å². The average molecular weight is 336 g/mol. The van der Waals surface area contributed by atoms with Gasteiger partial charge in [-0.1, -0.05) is 11.3 Å². The lowest BCUT2D eigenvalue weighted by Crippen LogP contribution is -2.50. The fourth-order valence-corrected chi connectivity index (χ4v) is 4.41. The minimum atomic E-state index is 0.0621. The van der Waals surface area contributed by atoms with Crippen LogP contribution in [-0.4, -0.2) is 52.6 Å². The Balaban J connectivity index is 1.29. The van der Waals surface area contributed by atoms with Crippen molar-refractivity contribution < 1.29 is 9.47 Å². The predicted molar refractivity (Wildman–Crippen MR) is 89.1 cm³/mol. The van der Waals surface area contributed by atoms with E-state index in [-0.39, 0.29) is 5.60 Å². The van der Waals surface area contributed by atoms with Crippen LogP contribution in [-0.2, 0) is 15.9 Å². The first kappa shape index (κ1) is 15.5. The molecule has 1 N–H and O–H groups in total. The van der Waals surface area contributed by atoms with Crippen molar-refractivity contribution in [2.75, 3.05) is 26.4 Å². The summed E-state index contributed by atoms with van der Waals surface area (Å²) >= 11 is 1.64. The standard InChI is InChI=1S/C16H24N4O2S/c1-12-19-20-11-14(18-15(20)23-12)2-6-17-13-3-7-22-16(10-13)4-8-21-9-5-16/h11,13,17H,2-10H2,1H3/t13-/m0/s1. The zero-order chi connectivity index (χ0) is 15.7. The van der Waals surface area contributed by atoms with Gasteiger partial charge in [-0.15, -0.1) is 0 Å². The van der Waals surface area contributed by atoms with Crippen LogP contribution in [0, 0.1) is 6.92 Å². The lowest BCUT2D eigenvalue weighted by Gasteiger charge is -2.43. The molecule has 1 spiro atoms. The maximum atomic E-state index is 6.10. The molecule has 0 saturated carbocycles. The lowest BCUT2D eigenvalue weighted by atomic mass is 9.84. The highest BCUT2D eigenvalue weighted by molar-refractivity contribution is 7.16. The van der Waals surface area contributed by atoms with Gasteiger partial charge in [-0.3, -0.25) is 0 Å². The van der Waals surface area contributed by atoms with Crippen LogP contribution in [0.15, 0.2) is 6.20 Å². The van der Waals surface area contributed by atoms with Gasteiger partial charge in [0, 0.05) is 38.8 Å². The molecular formula is C16H24N4O2S. The summed E-state index contributed by atoms with van der Waals surface area (Å²) in [4.78, 5) is 5.63. The molecule has 2 saturated heterocycles. The zero-order valence-electron chi connectivity index (χ0n) is 13.6. The van der Waals surface area contributed by atoms with E-state index < -0.39 is 0 Å². The van der Waals surface area contributed by atoms with Crippen LogP contribution in [0.5, 0.6) is 0 Å². The van der Waals surface area contributed by atoms with Crippen molar-refractivity contribution >= 4 is 16.3 Å². The minimum Gasteiger partial charge on any atom is -0.381 e. The Morgan fingerprint density at radius 3 is 3.09 bits per heavy atom. The van der Waals surface area contributed by atoms with Crippen LogP contribution in [0.3, 0.4) is 0 Å². The molecular weight excluding hydrogens is 312 g/mol. The molecule has 1 atom stereocenters. The van der Waals surface area contributed by atoms with Crippen LogP contribution in [0.1, 0.15) is 36.4 Å². The summed E-state index contributed by atoms with van der Waals surface area (Å²) in [6.07, 6.45) is 7.27. The Morgan fingerprint density at radius 2 is 2.26 bits per heavy atom. The monoisotopic (exact) mass is 336 g/mol. The topological polar surface area (TPSA) is 60.7 Å². The van der Waals surface area contributed by atoms with E-state index in [1.165, 1.54) is 0 Å². The smallest absolute Gasteiger partial charge is 0.212 e. The second-order valence-corrected chi connectivity index (χ2v) is 7.78. The normalized spacial score (nSPS) is 24.5. The molecule has 126 valence electrons. The second kappa shape index (κ2) is 6.47. The van der Waals surface area contributed by atoms with E-state index in [9.17, 15) is 0 Å². The molecule has 2 aliphatic rings. The van der Waals surface area contributed by atoms with E-state index >= 15 is 0 Å². The molecule has 2 aliphatic heterocycles. The number of nitrogens with one attached hydrogen (secondary N) is 1. The van der Waals surface area contributed by atoms with Gasteiger partial charge in [0.2, 0.25) is 4.96 Å². The number of nitrogens with zero attached hydrogens (tertiary/aromatic N) is 3. The van der Waals surface area contributed by atoms with Crippen molar-refractivity contribution in [2.24, 2.45) is 0 Å². The predicted octanol–water partition coefficient (Wildman–Crippen LogP) is 1.96. The largest absolute Gasteiger partial charge is 0.381 e. The van der Waals surface area contributed by atoms with E-state index in [1.807, 2.05) is 17.6 Å². The molecule has 0 bridgehead atoms. The summed E-state index contributed by atoms with van der Waals surface area (Å²) < 4.78 is 13.5. The Kier molecular flexibility index (Phi) is 4.36. The van der Waals surface area contributed by atoms with Crippen LogP contribution in [0.25, 0.3) is 4.96 Å². The number of fused-ring (bicyclic) bond motifs is 1. The van der Waals surface area contributed by atoms with Gasteiger partial charge < -0.3 is 14.8 Å². The summed E-state index contributed by atoms with van der Waals surface area (Å²) in [6.45, 7) is 5.51. The van der Waals surface area contributed by atoms with Crippen molar-refractivity contribution in [1.29, 1.82) is 0 Å². The first-order valence-electron chi connectivity index (χ1n) is 8.49. The van der Waals surface area contributed by atoms with Gasteiger partial charge in [-0.25, -0.2) is 9.50 Å². The van der Waals surface area contributed by atoms with Gasteiger partial charge in [0.05, 0.1) is 17.5 Å². The fourth-order valence-electron chi connectivity index (χ4n) is 3.66. The molecule has 6 nitrogen and oxygen atoms in total. The lowest BCUT2D eigenvalue weighted by molar-refractivity contribution is -0.140. The summed E-state index contributed by atoms with van der Waals surface area (Å²) in [5.41, 5.74) is 1.18. The number of ether oxygens (including phenoxy) is 2. The number of hydrogen-bond donors (Lipinski definition) is 1. The summed E-state index contributed by atoms with van der Waals surface area (Å²) in [5, 5.41) is 9.17. The van der Waals surface area contributed by atoms with Crippen molar-refractivity contribution in [3.8, 4) is 0 Å². The molecule has 23 heavy (non-hydrogen) atoms. The molecule has 0 unspecified atom stereocenters. The molecule has 2 aromatic heterocycles. The van der Waals surface area contributed by atoms with Crippen molar-refractivity contribution in [3.63, 3.8) is 0 Å². The number of hydrogen-bond acceptors (Lipinski definition) is 6. The third-order valence-corrected chi connectivity index (χ3v) is 5.74. The Labute approximate surface area is 140 Å². The highest BCUT2D eigenvalue weighted by atomic mass is 32.1. The number of imidazole rings is 1. The maximum absolute atomic E-state index is 6.10. The van der Waals surface area contributed by atoms with Crippen LogP contribution < -0.4 is 5.32 Å². The second-order valence-electron chi connectivity index (χ2n) is 6.62. The summed E-state index contributed by atoms with van der Waals surface area (Å²) in [7, 11) is 0. The number of aryl methyl sites for hydroxylation is 1. The molecule has 7 heteroatoms. The maximum Gasteiger partial charge on any atom is 0.212 e. The van der Waals surface area contributed by atoms with Crippen molar-refractivity contribution in [1.82, 2.24) is 19.9 Å². The molecule has 0 aromatic carbocycles. The number of rotatable bonds is 4. The zero-order valence-corrected chi connectivity index (χ0v) is 14.4. The molecule has 2 fully saturated rings. The van der Waals surface area contributed by atoms with Crippen LogP contribution in [0.2, 0.25) is 0 Å². The quantitative estimate of drug-likeness (QED) is 0.925. The van der Waals surface area contributed by atoms with Crippen LogP contribution >= 0.6 is 11.3 Å². The minimum absolute atomic E-state index is 0.0621. The van der Waals surface area contributed by atoms with Crippen LogP contribution in [0.4, 0.5) is 0 Å². The van der Waals surface area contributed by atoms with Crippen molar-refractivity contribution in [2.45, 2.75) is 50.7 Å². The van der Waals surface area contributed by atoms with E-state index in [4.69, 9.17) is 9.47 Å². The average Bonchev–Trinajstić information content (AvgIpc) is 3.05. The third-order valence-electron chi connectivity index (χ3n) is 4.91. The van der Waals surface area contributed by atoms with E-state index in [1.54, 1.807) is 11.3 Å². The summed E-state index contributed by atoms with van der Waals surface area (Å²) in [6, 6.07) is 0.547. The Hall–Kier alpha value is -1.02. The highest BCUT2D eigenvalue weighted by Crippen LogP contribution is 2.34. The molecule has 4 heterocycles. The Bertz CT molecular complexity index is 625. The van der Waals surface area contributed by atoms with Gasteiger partial charge in [0.1, 0.15) is 5.01 Å². The first-order chi connectivity index (χ1) is 11.2. The molecule has 0 aliphatic carbocycles. The van der Waals surface area contributed by atoms with Gasteiger partial charge in [0.25, 0.3) is 0 Å². The molecule has 0 radical (unpaired) electrons. The summed E-state index contributed by atoms with van der Waals surface area (Å²) in [5.74, 6) is 0. The highest BCUT2D eigenvalue weighted by Gasteiger charge is 2.38. The molecule has 0 amide bonds. The van der Waals surface area contributed by atoms with E-state index in [0.29, 0.717) is 6.04 Å². The van der Waals surface area contributed by atoms with Gasteiger partial charge >= 0.3 is 0 Å². The van der Waals surface area contributed by atoms with Gasteiger partial charge in [-0.2, -0.15) is 5.10 Å². The first-order valence-corrected chi connectivity index (χ1v) is 9.31. The third kappa shape index (κ3) is 3.42. The van der Waals surface area contributed by atoms with E-state index in [0.717, 1.165) is 74.1 Å². The fraction of sp³-hybridized carbons (Fsp3) is 0.750.